The first-order chi connectivity index (χ1) is 15.7. The highest BCUT2D eigenvalue weighted by Gasteiger charge is 2.69. The van der Waals surface area contributed by atoms with Gasteiger partial charge in [0, 0.05) is 11.7 Å². The number of methoxy groups -OCH3 is 1. The molecule has 7 heteroatoms. The van der Waals surface area contributed by atoms with E-state index < -0.39 is 17.1 Å². The average Bonchev–Trinajstić information content (AvgIpc) is 3.39. The van der Waals surface area contributed by atoms with Crippen LogP contribution in [0.1, 0.15) is 38.3 Å². The zero-order valence-electron chi connectivity index (χ0n) is 19.5. The first-order valence-corrected chi connectivity index (χ1v) is 11.5. The standard InChI is InChI=1S/C26H31N3O4/c1-25(2,3)33-24(31)29-20(14-16-10-6-5-7-11-16)21-26(15-19(27-21)22(30)32-4)17-12-8-9-13-18(17)28-23(26)29/h5-13,19-21,23,27-28H,14-15H2,1-4H3/t19-,20-,21-,23-,26+/m0/s1. The number of carbonyl (C=O) groups is 2. The number of ether oxygens (including phenoxy) is 2. The number of hydrogen-bond donors (Lipinski definition) is 2. The molecule has 3 aliphatic heterocycles. The Morgan fingerprint density at radius 2 is 1.79 bits per heavy atom. The molecular formula is C26H31N3O4. The summed E-state index contributed by atoms with van der Waals surface area (Å²) in [5.74, 6) is -0.274. The van der Waals surface area contributed by atoms with E-state index in [1.165, 1.54) is 7.11 Å². The lowest BCUT2D eigenvalue weighted by Crippen LogP contribution is -2.52. The van der Waals surface area contributed by atoms with E-state index in [2.05, 4.69) is 28.8 Å². The van der Waals surface area contributed by atoms with Crippen LogP contribution in [0.25, 0.3) is 0 Å². The van der Waals surface area contributed by atoms with E-state index in [-0.39, 0.29) is 30.3 Å². The molecule has 3 heterocycles. The molecule has 0 bridgehead atoms. The van der Waals surface area contributed by atoms with Gasteiger partial charge in [0.2, 0.25) is 0 Å². The van der Waals surface area contributed by atoms with Crippen molar-refractivity contribution in [3.8, 4) is 0 Å². The van der Waals surface area contributed by atoms with Gasteiger partial charge in [-0.15, -0.1) is 0 Å². The summed E-state index contributed by atoms with van der Waals surface area (Å²) in [4.78, 5) is 28.1. The number of nitrogens with one attached hydrogen (secondary N) is 2. The summed E-state index contributed by atoms with van der Waals surface area (Å²) in [5, 5.41) is 7.16. The van der Waals surface area contributed by atoms with Crippen molar-refractivity contribution in [3.63, 3.8) is 0 Å². The number of para-hydroxylation sites is 1. The maximum atomic E-state index is 13.6. The lowest BCUT2D eigenvalue weighted by atomic mass is 9.73. The van der Waals surface area contributed by atoms with Gasteiger partial charge in [0.1, 0.15) is 17.8 Å². The summed E-state index contributed by atoms with van der Waals surface area (Å²) in [6.07, 6.45) is 0.515. The number of rotatable bonds is 3. The van der Waals surface area contributed by atoms with Crippen LogP contribution in [0.3, 0.4) is 0 Å². The van der Waals surface area contributed by atoms with Crippen LogP contribution in [0.15, 0.2) is 54.6 Å². The number of hydrogen-bond acceptors (Lipinski definition) is 6. The van der Waals surface area contributed by atoms with Crippen LogP contribution < -0.4 is 10.6 Å². The van der Waals surface area contributed by atoms with Crippen molar-refractivity contribution in [3.05, 3.63) is 65.7 Å². The minimum absolute atomic E-state index is 0.143. The zero-order chi connectivity index (χ0) is 23.4. The molecule has 1 spiro atoms. The Bertz CT molecular complexity index is 1070. The number of carbonyl (C=O) groups excluding carboxylic acids is 2. The fraction of sp³-hybridized carbons (Fsp3) is 0.462. The first-order valence-electron chi connectivity index (χ1n) is 11.5. The molecule has 2 aromatic carbocycles. The first kappa shape index (κ1) is 21.8. The molecular weight excluding hydrogens is 418 g/mol. The van der Waals surface area contributed by atoms with Crippen LogP contribution in [0.5, 0.6) is 0 Å². The zero-order valence-corrected chi connectivity index (χ0v) is 19.5. The van der Waals surface area contributed by atoms with Crippen molar-refractivity contribution in [1.82, 2.24) is 10.2 Å². The van der Waals surface area contributed by atoms with Gasteiger partial charge in [0.05, 0.1) is 18.6 Å². The van der Waals surface area contributed by atoms with Crippen LogP contribution in [-0.4, -0.2) is 54.0 Å². The van der Waals surface area contributed by atoms with Gasteiger partial charge in [-0.1, -0.05) is 48.5 Å². The minimum Gasteiger partial charge on any atom is -0.468 e. The molecule has 0 aliphatic carbocycles. The number of nitrogens with zero attached hydrogens (tertiary/aromatic N) is 1. The van der Waals surface area contributed by atoms with Crippen LogP contribution >= 0.6 is 0 Å². The molecule has 5 rings (SSSR count). The molecule has 5 atom stereocenters. The highest BCUT2D eigenvalue weighted by molar-refractivity contribution is 5.80. The summed E-state index contributed by atoms with van der Waals surface area (Å²) < 4.78 is 11.0. The lowest BCUT2D eigenvalue weighted by molar-refractivity contribution is -0.142. The van der Waals surface area contributed by atoms with Gasteiger partial charge in [-0.2, -0.15) is 0 Å². The summed E-state index contributed by atoms with van der Waals surface area (Å²) >= 11 is 0. The third-order valence-corrected chi connectivity index (χ3v) is 7.08. The Balaban J connectivity index is 1.62. The highest BCUT2D eigenvalue weighted by atomic mass is 16.6. The highest BCUT2D eigenvalue weighted by Crippen LogP contribution is 2.56. The van der Waals surface area contributed by atoms with Gasteiger partial charge >= 0.3 is 12.1 Å². The van der Waals surface area contributed by atoms with E-state index in [0.29, 0.717) is 12.8 Å². The predicted molar refractivity (Wildman–Crippen MR) is 125 cm³/mol. The van der Waals surface area contributed by atoms with Crippen molar-refractivity contribution < 1.29 is 19.1 Å². The molecule has 1 amide bonds. The largest absolute Gasteiger partial charge is 0.468 e. The Hall–Kier alpha value is -3.06. The van der Waals surface area contributed by atoms with E-state index in [4.69, 9.17) is 9.47 Å². The van der Waals surface area contributed by atoms with Gasteiger partial charge in [-0.25, -0.2) is 4.79 Å². The molecule has 7 nitrogen and oxygen atoms in total. The fourth-order valence-electron chi connectivity index (χ4n) is 5.93. The molecule has 174 valence electrons. The third kappa shape index (κ3) is 3.46. The Kier molecular flexibility index (Phi) is 5.12. The van der Waals surface area contributed by atoms with Gasteiger partial charge in [-0.3, -0.25) is 15.0 Å². The monoisotopic (exact) mass is 449 g/mol. The minimum atomic E-state index is -0.618. The molecule has 0 unspecified atom stereocenters. The predicted octanol–water partition coefficient (Wildman–Crippen LogP) is 3.44. The van der Waals surface area contributed by atoms with Crippen LogP contribution in [0.2, 0.25) is 0 Å². The second-order valence-corrected chi connectivity index (χ2v) is 10.2. The van der Waals surface area contributed by atoms with Crippen molar-refractivity contribution in [2.45, 2.75) is 68.9 Å². The lowest BCUT2D eigenvalue weighted by Gasteiger charge is -2.35. The maximum absolute atomic E-state index is 13.6. The van der Waals surface area contributed by atoms with Gasteiger partial charge in [0.25, 0.3) is 0 Å². The molecule has 2 saturated heterocycles. The van der Waals surface area contributed by atoms with E-state index in [0.717, 1.165) is 16.8 Å². The smallest absolute Gasteiger partial charge is 0.412 e. The number of anilines is 1. The third-order valence-electron chi connectivity index (χ3n) is 7.08. The van der Waals surface area contributed by atoms with Crippen molar-refractivity contribution in [2.75, 3.05) is 12.4 Å². The Morgan fingerprint density at radius 1 is 1.09 bits per heavy atom. The average molecular weight is 450 g/mol. The van der Waals surface area contributed by atoms with E-state index >= 15 is 0 Å². The summed E-state index contributed by atoms with van der Waals surface area (Å²) in [5.41, 5.74) is 2.16. The van der Waals surface area contributed by atoms with Crippen LogP contribution in [0.4, 0.5) is 10.5 Å². The number of fused-ring (bicyclic) bond motifs is 1. The molecule has 0 radical (unpaired) electrons. The molecule has 2 N–H and O–H groups in total. The summed E-state index contributed by atoms with van der Waals surface area (Å²) in [6, 6.07) is 17.5. The van der Waals surface area contributed by atoms with Gasteiger partial charge in [-0.05, 0) is 50.8 Å². The summed E-state index contributed by atoms with van der Waals surface area (Å²) in [7, 11) is 1.42. The second kappa shape index (κ2) is 7.76. The Labute approximate surface area is 194 Å². The molecule has 2 fully saturated rings. The van der Waals surface area contributed by atoms with Crippen LogP contribution in [-0.2, 0) is 26.1 Å². The normalized spacial score (nSPS) is 29.6. The second-order valence-electron chi connectivity index (χ2n) is 10.2. The van der Waals surface area contributed by atoms with Gasteiger partial charge in [0.15, 0.2) is 0 Å². The quantitative estimate of drug-likeness (QED) is 0.699. The Morgan fingerprint density at radius 3 is 2.48 bits per heavy atom. The van der Waals surface area contributed by atoms with E-state index in [1.54, 1.807) is 0 Å². The van der Waals surface area contributed by atoms with Gasteiger partial charge < -0.3 is 14.8 Å². The molecule has 0 aromatic heterocycles. The maximum Gasteiger partial charge on any atom is 0.412 e. The fourth-order valence-corrected chi connectivity index (χ4v) is 5.93. The number of benzene rings is 2. The van der Waals surface area contributed by atoms with E-state index in [1.807, 2.05) is 62.1 Å². The number of esters is 1. The number of likely N-dealkylation sites (tertiary alicyclic amines) is 1. The van der Waals surface area contributed by atoms with Crippen molar-refractivity contribution >= 4 is 17.7 Å². The topological polar surface area (TPSA) is 79.9 Å². The van der Waals surface area contributed by atoms with Crippen molar-refractivity contribution in [1.29, 1.82) is 0 Å². The molecule has 2 aromatic rings. The van der Waals surface area contributed by atoms with Crippen molar-refractivity contribution in [2.24, 2.45) is 0 Å². The SMILES string of the molecule is COC(=O)[C@@H]1C[C@]23c4ccccc4N[C@H]2N(C(=O)OC(C)(C)C)[C@@H](Cc2ccccc2)[C@@H]3N1. The molecule has 3 aliphatic rings. The molecule has 33 heavy (non-hydrogen) atoms. The number of amides is 1. The summed E-state index contributed by atoms with van der Waals surface area (Å²) in [6.45, 7) is 5.64. The van der Waals surface area contributed by atoms with Crippen LogP contribution in [0, 0.1) is 0 Å². The van der Waals surface area contributed by atoms with E-state index in [9.17, 15) is 9.59 Å². The molecule has 0 saturated carbocycles.